The third-order valence-corrected chi connectivity index (χ3v) is 2.82. The second-order valence-electron chi connectivity index (χ2n) is 5.92. The van der Waals surface area contributed by atoms with Gasteiger partial charge in [0.2, 0.25) is 0 Å². The molecule has 7 N–H and O–H groups in total. The monoisotopic (exact) mass is 325 g/mol. The molecule has 0 aliphatic carbocycles. The van der Waals surface area contributed by atoms with Crippen LogP contribution in [0.4, 0.5) is 0 Å². The van der Waals surface area contributed by atoms with Crippen LogP contribution in [0.2, 0.25) is 0 Å². The molecule has 8 nitrogen and oxygen atoms in total. The first kappa shape index (κ1) is 23.9. The normalized spacial score (nSPS) is 16.9. The summed E-state index contributed by atoms with van der Waals surface area (Å²) in [6, 6.07) is 0. The van der Waals surface area contributed by atoms with Crippen LogP contribution >= 0.6 is 0 Å². The van der Waals surface area contributed by atoms with Crippen molar-refractivity contribution in [1.82, 2.24) is 9.80 Å². The second-order valence-corrected chi connectivity index (χ2v) is 5.92. The molecule has 136 valence electrons. The second kappa shape index (κ2) is 14.3. The quantitative estimate of drug-likeness (QED) is 0.251. The molecule has 0 aliphatic rings. The smallest absolute Gasteiger partial charge is 0.0639 e. The summed E-state index contributed by atoms with van der Waals surface area (Å²) >= 11 is 0. The molecule has 0 bridgehead atoms. The van der Waals surface area contributed by atoms with Crippen molar-refractivity contribution in [2.45, 2.75) is 52.1 Å². The lowest BCUT2D eigenvalue weighted by Gasteiger charge is -2.30. The Hall–Kier alpha value is -0.320. The number of hydrogen-bond donors (Lipinski definition) is 6. The summed E-state index contributed by atoms with van der Waals surface area (Å²) in [6.07, 6.45) is -1.79. The maximum atomic E-state index is 9.47. The van der Waals surface area contributed by atoms with Gasteiger partial charge in [-0.15, -0.1) is 0 Å². The average Bonchev–Trinajstić information content (AvgIpc) is 2.35. The van der Waals surface area contributed by atoms with Gasteiger partial charge in [0.15, 0.2) is 0 Å². The Labute approximate surface area is 133 Å². The highest BCUT2D eigenvalue weighted by atomic mass is 16.4. The summed E-state index contributed by atoms with van der Waals surface area (Å²) < 4.78 is 0. The number of hydrogen-bond acceptors (Lipinski definition) is 8. The Morgan fingerprint density at radius 3 is 0.909 bits per heavy atom. The number of aliphatic hydroxyl groups excluding tert-OH is 4. The molecule has 0 aromatic rings. The van der Waals surface area contributed by atoms with Gasteiger partial charge in [0.1, 0.15) is 0 Å². The standard InChI is InChI=1S/C14H32N2O4.H3NO/c1-11(17)7-15(8-12(2)18)5-6-16(9-13(3)19)10-14(4)20;1-2/h11-14,17-20H,5-10H2,1-4H3;2H,1H2. The molecule has 0 aromatic carbocycles. The molecule has 4 unspecified atom stereocenters. The topological polar surface area (TPSA) is 134 Å². The van der Waals surface area contributed by atoms with Gasteiger partial charge in [-0.2, -0.15) is 0 Å². The molecule has 0 saturated heterocycles. The molecule has 0 aliphatic heterocycles. The molecule has 4 atom stereocenters. The predicted octanol–water partition coefficient (Wildman–Crippen LogP) is -1.55. The summed E-state index contributed by atoms with van der Waals surface area (Å²) in [7, 11) is 0. The SMILES string of the molecule is CC(O)CN(CCN(CC(C)O)CC(C)O)CC(C)O.NO. The summed E-state index contributed by atoms with van der Waals surface area (Å²) in [5.41, 5.74) is 0. The number of nitrogens with two attached hydrogens (primary N) is 1. The van der Waals surface area contributed by atoms with Crippen LogP contribution in [-0.2, 0) is 0 Å². The lowest BCUT2D eigenvalue weighted by atomic mass is 10.2. The minimum Gasteiger partial charge on any atom is -0.392 e. The van der Waals surface area contributed by atoms with Gasteiger partial charge in [-0.25, -0.2) is 5.90 Å². The molecule has 0 aromatic heterocycles. The Balaban J connectivity index is 0. The fraction of sp³-hybridized carbons (Fsp3) is 1.00. The lowest BCUT2D eigenvalue weighted by Crippen LogP contribution is -2.44. The Bertz CT molecular complexity index is 197. The summed E-state index contributed by atoms with van der Waals surface area (Å²) in [5, 5.41) is 44.4. The molecule has 0 fully saturated rings. The average molecular weight is 325 g/mol. The van der Waals surface area contributed by atoms with Crippen LogP contribution < -0.4 is 5.90 Å². The highest BCUT2D eigenvalue weighted by molar-refractivity contribution is 4.70. The van der Waals surface area contributed by atoms with Gasteiger partial charge in [0, 0.05) is 39.3 Å². The van der Waals surface area contributed by atoms with Crippen molar-refractivity contribution in [3.8, 4) is 0 Å². The van der Waals surface area contributed by atoms with E-state index in [0.717, 1.165) is 0 Å². The first-order valence-electron chi connectivity index (χ1n) is 7.63. The largest absolute Gasteiger partial charge is 0.392 e. The molecule has 0 spiro atoms. The maximum Gasteiger partial charge on any atom is 0.0639 e. The predicted molar refractivity (Wildman–Crippen MR) is 85.6 cm³/mol. The summed E-state index contributed by atoms with van der Waals surface area (Å²) in [5.74, 6) is 3.50. The van der Waals surface area contributed by atoms with Crippen LogP contribution in [0.5, 0.6) is 0 Å². The number of rotatable bonds is 11. The van der Waals surface area contributed by atoms with E-state index in [1.165, 1.54) is 0 Å². The van der Waals surface area contributed by atoms with Gasteiger partial charge in [-0.05, 0) is 27.7 Å². The van der Waals surface area contributed by atoms with Crippen LogP contribution in [0.3, 0.4) is 0 Å². The van der Waals surface area contributed by atoms with Crippen LogP contribution in [-0.4, -0.2) is 99.1 Å². The highest BCUT2D eigenvalue weighted by Crippen LogP contribution is 2.00. The fourth-order valence-corrected chi connectivity index (χ4v) is 2.29. The van der Waals surface area contributed by atoms with Crippen molar-refractivity contribution in [1.29, 1.82) is 0 Å². The first-order valence-corrected chi connectivity index (χ1v) is 7.63. The van der Waals surface area contributed by atoms with E-state index in [4.69, 9.17) is 5.21 Å². The molecule has 8 heteroatoms. The van der Waals surface area contributed by atoms with E-state index in [1.807, 2.05) is 9.80 Å². The van der Waals surface area contributed by atoms with Crippen LogP contribution in [0.25, 0.3) is 0 Å². The summed E-state index contributed by atoms with van der Waals surface area (Å²) in [4.78, 5) is 3.98. The van der Waals surface area contributed by atoms with E-state index in [9.17, 15) is 20.4 Å². The fourth-order valence-electron chi connectivity index (χ4n) is 2.29. The van der Waals surface area contributed by atoms with Gasteiger partial charge in [-0.1, -0.05) is 0 Å². The third-order valence-electron chi connectivity index (χ3n) is 2.82. The van der Waals surface area contributed by atoms with Crippen molar-refractivity contribution in [2.75, 3.05) is 39.3 Å². The third kappa shape index (κ3) is 16.1. The summed E-state index contributed by atoms with van der Waals surface area (Å²) in [6.45, 7) is 10.2. The van der Waals surface area contributed by atoms with Crippen molar-refractivity contribution < 1.29 is 25.6 Å². The Morgan fingerprint density at radius 2 is 0.773 bits per heavy atom. The van der Waals surface area contributed by atoms with Gasteiger partial charge in [0.05, 0.1) is 24.4 Å². The Kier molecular flexibility index (Phi) is 15.5. The highest BCUT2D eigenvalue weighted by Gasteiger charge is 2.15. The molecule has 0 amide bonds. The van der Waals surface area contributed by atoms with E-state index >= 15 is 0 Å². The van der Waals surface area contributed by atoms with E-state index in [1.54, 1.807) is 27.7 Å². The van der Waals surface area contributed by atoms with Crippen LogP contribution in [0, 0.1) is 0 Å². The molecule has 0 rings (SSSR count). The first-order chi connectivity index (χ1) is 10.2. The van der Waals surface area contributed by atoms with Gasteiger partial charge < -0.3 is 25.6 Å². The zero-order chi connectivity index (χ0) is 17.7. The Morgan fingerprint density at radius 1 is 0.591 bits per heavy atom. The minimum absolute atomic E-state index is 0.448. The molecular weight excluding hydrogens is 290 g/mol. The maximum absolute atomic E-state index is 9.47. The zero-order valence-corrected chi connectivity index (χ0v) is 14.3. The van der Waals surface area contributed by atoms with E-state index < -0.39 is 24.4 Å². The zero-order valence-electron chi connectivity index (χ0n) is 14.3. The van der Waals surface area contributed by atoms with Crippen molar-refractivity contribution >= 4 is 0 Å². The van der Waals surface area contributed by atoms with E-state index in [-0.39, 0.29) is 0 Å². The van der Waals surface area contributed by atoms with Gasteiger partial charge in [0.25, 0.3) is 0 Å². The van der Waals surface area contributed by atoms with E-state index in [0.29, 0.717) is 39.3 Å². The van der Waals surface area contributed by atoms with Gasteiger partial charge >= 0.3 is 0 Å². The molecule has 0 radical (unpaired) electrons. The van der Waals surface area contributed by atoms with Crippen molar-refractivity contribution in [3.63, 3.8) is 0 Å². The number of nitrogens with zero attached hydrogens (tertiary/aromatic N) is 2. The molecule has 22 heavy (non-hydrogen) atoms. The lowest BCUT2D eigenvalue weighted by molar-refractivity contribution is 0.0542. The number of aliphatic hydroxyl groups is 4. The van der Waals surface area contributed by atoms with Crippen LogP contribution in [0.15, 0.2) is 0 Å². The van der Waals surface area contributed by atoms with Gasteiger partial charge in [-0.3, -0.25) is 9.80 Å². The minimum atomic E-state index is -0.448. The van der Waals surface area contributed by atoms with E-state index in [2.05, 4.69) is 5.90 Å². The van der Waals surface area contributed by atoms with Crippen LogP contribution in [0.1, 0.15) is 27.7 Å². The molecule has 0 heterocycles. The van der Waals surface area contributed by atoms with Crippen molar-refractivity contribution in [2.24, 2.45) is 5.90 Å². The molecule has 0 saturated carbocycles. The van der Waals surface area contributed by atoms with Crippen molar-refractivity contribution in [3.05, 3.63) is 0 Å². The molecular formula is C14H35N3O5.